The standard InChI is InChI=1S/C7H7N5S/c1-2-6(12-10-3-1)4-8-7-9-5-11-13-7/h1-3,5H,4H2,(H,8,9,11). The third-order valence-electron chi connectivity index (χ3n) is 1.41. The molecule has 0 aliphatic carbocycles. The van der Waals surface area contributed by atoms with Crippen molar-refractivity contribution in [3.8, 4) is 0 Å². The average molecular weight is 193 g/mol. The first-order valence-corrected chi connectivity index (χ1v) is 4.49. The van der Waals surface area contributed by atoms with E-state index in [0.717, 1.165) is 10.8 Å². The molecule has 1 N–H and O–H groups in total. The van der Waals surface area contributed by atoms with Gasteiger partial charge in [-0.05, 0) is 12.1 Å². The largest absolute Gasteiger partial charge is 0.355 e. The minimum absolute atomic E-state index is 0.628. The highest BCUT2D eigenvalue weighted by atomic mass is 32.1. The van der Waals surface area contributed by atoms with Gasteiger partial charge in [0.1, 0.15) is 6.33 Å². The lowest BCUT2D eigenvalue weighted by molar-refractivity contribution is 0.923. The van der Waals surface area contributed by atoms with Gasteiger partial charge in [-0.2, -0.15) is 14.6 Å². The molecule has 66 valence electrons. The summed E-state index contributed by atoms with van der Waals surface area (Å²) in [7, 11) is 0. The highest BCUT2D eigenvalue weighted by Gasteiger charge is 1.96. The van der Waals surface area contributed by atoms with Gasteiger partial charge in [-0.25, -0.2) is 4.98 Å². The van der Waals surface area contributed by atoms with E-state index < -0.39 is 0 Å². The van der Waals surface area contributed by atoms with E-state index in [-0.39, 0.29) is 0 Å². The fourth-order valence-electron chi connectivity index (χ4n) is 0.845. The summed E-state index contributed by atoms with van der Waals surface area (Å²) in [6, 6.07) is 3.76. The summed E-state index contributed by atoms with van der Waals surface area (Å²) in [6.45, 7) is 0.628. The number of rotatable bonds is 3. The Morgan fingerprint density at radius 3 is 3.15 bits per heavy atom. The van der Waals surface area contributed by atoms with Crippen LogP contribution in [0.15, 0.2) is 24.7 Å². The molecule has 0 bridgehead atoms. The van der Waals surface area contributed by atoms with Crippen molar-refractivity contribution in [3.05, 3.63) is 30.4 Å². The molecule has 0 aromatic carbocycles. The second-order valence-electron chi connectivity index (χ2n) is 2.31. The Bertz CT molecular complexity index is 346. The highest BCUT2D eigenvalue weighted by molar-refractivity contribution is 7.09. The zero-order valence-corrected chi connectivity index (χ0v) is 7.53. The van der Waals surface area contributed by atoms with Crippen molar-refractivity contribution in [3.63, 3.8) is 0 Å². The second kappa shape index (κ2) is 3.90. The van der Waals surface area contributed by atoms with E-state index in [2.05, 4.69) is 24.9 Å². The summed E-state index contributed by atoms with van der Waals surface area (Å²) < 4.78 is 3.87. The van der Waals surface area contributed by atoms with E-state index >= 15 is 0 Å². The maximum absolute atomic E-state index is 3.98. The van der Waals surface area contributed by atoms with Crippen molar-refractivity contribution in [2.45, 2.75) is 6.54 Å². The topological polar surface area (TPSA) is 63.6 Å². The molecule has 0 radical (unpaired) electrons. The number of nitrogens with zero attached hydrogens (tertiary/aromatic N) is 4. The molecule has 0 spiro atoms. The Kier molecular flexibility index (Phi) is 2.42. The Morgan fingerprint density at radius 2 is 2.46 bits per heavy atom. The lowest BCUT2D eigenvalue weighted by atomic mass is 10.4. The van der Waals surface area contributed by atoms with Gasteiger partial charge in [0.05, 0.1) is 12.2 Å². The molecule has 0 amide bonds. The Labute approximate surface area is 79.0 Å². The molecule has 2 heterocycles. The number of anilines is 1. The van der Waals surface area contributed by atoms with Gasteiger partial charge in [0.15, 0.2) is 0 Å². The zero-order chi connectivity index (χ0) is 8.93. The van der Waals surface area contributed by atoms with Crippen LogP contribution in [0.3, 0.4) is 0 Å². The molecule has 0 saturated carbocycles. The van der Waals surface area contributed by atoms with E-state index in [1.807, 2.05) is 12.1 Å². The molecule has 0 aliphatic rings. The first-order valence-electron chi connectivity index (χ1n) is 3.72. The van der Waals surface area contributed by atoms with Crippen LogP contribution >= 0.6 is 11.5 Å². The summed E-state index contributed by atoms with van der Waals surface area (Å²) in [5.41, 5.74) is 0.887. The van der Waals surface area contributed by atoms with Crippen molar-refractivity contribution in [2.24, 2.45) is 0 Å². The minimum atomic E-state index is 0.628. The first-order chi connectivity index (χ1) is 6.45. The van der Waals surface area contributed by atoms with Gasteiger partial charge in [-0.15, -0.1) is 0 Å². The van der Waals surface area contributed by atoms with Gasteiger partial charge in [0.2, 0.25) is 5.13 Å². The van der Waals surface area contributed by atoms with Gasteiger partial charge in [0.25, 0.3) is 0 Å². The Hall–Kier alpha value is -1.56. The van der Waals surface area contributed by atoms with Gasteiger partial charge in [-0.3, -0.25) is 0 Å². The molecule has 2 aromatic heterocycles. The Morgan fingerprint density at radius 1 is 1.46 bits per heavy atom. The number of nitrogens with one attached hydrogen (secondary N) is 1. The van der Waals surface area contributed by atoms with Gasteiger partial charge in [0, 0.05) is 17.7 Å². The number of hydrogen-bond acceptors (Lipinski definition) is 6. The molecular weight excluding hydrogens is 186 g/mol. The summed E-state index contributed by atoms with van der Waals surface area (Å²) in [4.78, 5) is 3.98. The van der Waals surface area contributed by atoms with Crippen LogP contribution in [0.1, 0.15) is 5.69 Å². The molecule has 5 nitrogen and oxygen atoms in total. The normalized spacial score (nSPS) is 9.85. The van der Waals surface area contributed by atoms with Crippen LogP contribution in [0, 0.1) is 0 Å². The van der Waals surface area contributed by atoms with E-state index in [0.29, 0.717) is 6.54 Å². The molecule has 13 heavy (non-hydrogen) atoms. The van der Waals surface area contributed by atoms with Crippen LogP contribution < -0.4 is 5.32 Å². The van der Waals surface area contributed by atoms with Gasteiger partial charge >= 0.3 is 0 Å². The Balaban J connectivity index is 1.94. The van der Waals surface area contributed by atoms with Crippen LogP contribution in [0.25, 0.3) is 0 Å². The second-order valence-corrected chi connectivity index (χ2v) is 3.10. The summed E-state index contributed by atoms with van der Waals surface area (Å²) >= 11 is 1.32. The molecule has 0 saturated heterocycles. The molecule has 0 fully saturated rings. The first kappa shape index (κ1) is 8.06. The molecular formula is C7H7N5S. The lowest BCUT2D eigenvalue weighted by Gasteiger charge is -1.98. The van der Waals surface area contributed by atoms with Crippen molar-refractivity contribution in [2.75, 3.05) is 5.32 Å². The van der Waals surface area contributed by atoms with Gasteiger partial charge < -0.3 is 5.32 Å². The fraction of sp³-hybridized carbons (Fsp3) is 0.143. The average Bonchev–Trinajstić information content (AvgIpc) is 2.69. The fourth-order valence-corrected chi connectivity index (χ4v) is 1.27. The van der Waals surface area contributed by atoms with Gasteiger partial charge in [-0.1, -0.05) is 0 Å². The quantitative estimate of drug-likeness (QED) is 0.786. The molecule has 2 aromatic rings. The maximum atomic E-state index is 3.98. The third-order valence-corrected chi connectivity index (χ3v) is 2.03. The molecule has 0 unspecified atom stereocenters. The molecule has 0 atom stereocenters. The van der Waals surface area contributed by atoms with Crippen LogP contribution in [-0.2, 0) is 6.54 Å². The van der Waals surface area contributed by atoms with Crippen LogP contribution in [0.5, 0.6) is 0 Å². The third kappa shape index (κ3) is 2.19. The van der Waals surface area contributed by atoms with Crippen molar-refractivity contribution in [1.82, 2.24) is 19.6 Å². The van der Waals surface area contributed by atoms with Crippen molar-refractivity contribution < 1.29 is 0 Å². The zero-order valence-electron chi connectivity index (χ0n) is 6.71. The van der Waals surface area contributed by atoms with Crippen molar-refractivity contribution in [1.29, 1.82) is 0 Å². The smallest absolute Gasteiger partial charge is 0.202 e. The summed E-state index contributed by atoms with van der Waals surface area (Å²) in [5.74, 6) is 0. The van der Waals surface area contributed by atoms with E-state index in [4.69, 9.17) is 0 Å². The van der Waals surface area contributed by atoms with Crippen molar-refractivity contribution >= 4 is 16.7 Å². The molecule has 2 rings (SSSR count). The molecule has 6 heteroatoms. The van der Waals surface area contributed by atoms with E-state index in [1.54, 1.807) is 6.20 Å². The predicted molar refractivity (Wildman–Crippen MR) is 49.3 cm³/mol. The maximum Gasteiger partial charge on any atom is 0.202 e. The van der Waals surface area contributed by atoms with Crippen LogP contribution in [0.2, 0.25) is 0 Å². The van der Waals surface area contributed by atoms with Crippen LogP contribution in [0.4, 0.5) is 5.13 Å². The van der Waals surface area contributed by atoms with E-state index in [9.17, 15) is 0 Å². The summed E-state index contributed by atoms with van der Waals surface area (Å²) in [5, 5.41) is 11.6. The lowest BCUT2D eigenvalue weighted by Crippen LogP contribution is -2.01. The van der Waals surface area contributed by atoms with E-state index in [1.165, 1.54) is 17.9 Å². The van der Waals surface area contributed by atoms with Crippen LogP contribution in [-0.4, -0.2) is 19.6 Å². The number of aromatic nitrogens is 4. The minimum Gasteiger partial charge on any atom is -0.355 e. The molecule has 0 aliphatic heterocycles. The SMILES string of the molecule is c1cnnc(CNc2ncns2)c1. The predicted octanol–water partition coefficient (Wildman–Crippen LogP) is 0.940. The highest BCUT2D eigenvalue weighted by Crippen LogP contribution is 2.07. The number of hydrogen-bond donors (Lipinski definition) is 1. The summed E-state index contributed by atoms with van der Waals surface area (Å²) in [6.07, 6.45) is 3.16. The monoisotopic (exact) mass is 193 g/mol.